The third kappa shape index (κ3) is 3.72. The molecule has 0 saturated heterocycles. The van der Waals surface area contributed by atoms with Gasteiger partial charge in [-0.2, -0.15) is 0 Å². The predicted octanol–water partition coefficient (Wildman–Crippen LogP) is 4.56. The van der Waals surface area contributed by atoms with Crippen LogP contribution in [0.1, 0.15) is 17.2 Å². The zero-order valence-electron chi connectivity index (χ0n) is 10.5. The maximum Gasteiger partial charge on any atom is 0.0755 e. The average molecular weight is 341 g/mol. The summed E-state index contributed by atoms with van der Waals surface area (Å²) in [6.07, 6.45) is 0. The molecule has 0 aromatic heterocycles. The number of anilines is 1. The molecule has 0 heterocycles. The average Bonchev–Trinajstić information content (AvgIpc) is 2.39. The van der Waals surface area contributed by atoms with E-state index >= 15 is 0 Å². The summed E-state index contributed by atoms with van der Waals surface area (Å²) in [5, 5.41) is 13.6. The van der Waals surface area contributed by atoms with Gasteiger partial charge >= 0.3 is 0 Å². The van der Waals surface area contributed by atoms with E-state index in [1.54, 1.807) is 0 Å². The third-order valence-corrected chi connectivity index (χ3v) is 3.84. The Morgan fingerprint density at radius 1 is 1.21 bits per heavy atom. The minimum absolute atomic E-state index is 0.0181. The van der Waals surface area contributed by atoms with Gasteiger partial charge in [-0.1, -0.05) is 39.7 Å². The lowest BCUT2D eigenvalue weighted by atomic mass is 10.1. The molecule has 1 atom stereocenters. The summed E-state index contributed by atoms with van der Waals surface area (Å²) in [5.41, 5.74) is 3.14. The van der Waals surface area contributed by atoms with Crippen molar-refractivity contribution in [3.63, 3.8) is 0 Å². The lowest BCUT2D eigenvalue weighted by Gasteiger charge is -2.19. The number of nitrogens with one attached hydrogen (secondary N) is 1. The van der Waals surface area contributed by atoms with E-state index in [9.17, 15) is 5.11 Å². The van der Waals surface area contributed by atoms with Gasteiger partial charge in [0.2, 0.25) is 0 Å². The Hall–Kier alpha value is -1.03. The topological polar surface area (TPSA) is 32.3 Å². The fourth-order valence-electron chi connectivity index (χ4n) is 1.88. The van der Waals surface area contributed by atoms with Gasteiger partial charge in [0.15, 0.2) is 0 Å². The lowest BCUT2D eigenvalue weighted by Crippen LogP contribution is -2.15. The van der Waals surface area contributed by atoms with Crippen molar-refractivity contribution in [1.29, 1.82) is 0 Å². The Bertz CT molecular complexity index is 557. The van der Waals surface area contributed by atoms with Crippen molar-refractivity contribution >= 4 is 33.2 Å². The third-order valence-electron chi connectivity index (χ3n) is 2.90. The number of rotatable bonds is 4. The van der Waals surface area contributed by atoms with E-state index in [1.807, 2.05) is 49.4 Å². The van der Waals surface area contributed by atoms with Gasteiger partial charge in [-0.05, 0) is 48.4 Å². The molecule has 0 aliphatic heterocycles. The summed E-state index contributed by atoms with van der Waals surface area (Å²) < 4.78 is 0.994. The molecule has 0 spiro atoms. The molecule has 2 rings (SSSR count). The quantitative estimate of drug-likeness (QED) is 0.855. The Morgan fingerprint density at radius 2 is 1.89 bits per heavy atom. The Labute approximate surface area is 126 Å². The zero-order chi connectivity index (χ0) is 13.8. The molecule has 19 heavy (non-hydrogen) atoms. The Balaban J connectivity index is 2.22. The first kappa shape index (κ1) is 14.4. The number of benzene rings is 2. The van der Waals surface area contributed by atoms with Gasteiger partial charge in [0.25, 0.3) is 0 Å². The second-order valence-electron chi connectivity index (χ2n) is 4.41. The first-order chi connectivity index (χ1) is 9.10. The van der Waals surface area contributed by atoms with E-state index in [0.717, 1.165) is 15.7 Å². The van der Waals surface area contributed by atoms with Gasteiger partial charge in [-0.3, -0.25) is 0 Å². The normalized spacial score (nSPS) is 12.2. The van der Waals surface area contributed by atoms with E-state index in [4.69, 9.17) is 11.6 Å². The van der Waals surface area contributed by atoms with Crippen LogP contribution in [0.2, 0.25) is 5.02 Å². The molecule has 2 aromatic carbocycles. The molecular weight excluding hydrogens is 326 g/mol. The van der Waals surface area contributed by atoms with Crippen molar-refractivity contribution in [2.75, 3.05) is 11.9 Å². The highest BCUT2D eigenvalue weighted by Gasteiger charge is 2.13. The van der Waals surface area contributed by atoms with Gasteiger partial charge in [0.05, 0.1) is 12.6 Å². The number of aliphatic hydroxyl groups excluding tert-OH is 1. The first-order valence-electron chi connectivity index (χ1n) is 5.99. The summed E-state index contributed by atoms with van der Waals surface area (Å²) in [4.78, 5) is 0. The van der Waals surface area contributed by atoms with Crippen molar-refractivity contribution in [3.05, 3.63) is 63.1 Å². The summed E-state index contributed by atoms with van der Waals surface area (Å²) in [7, 11) is 0. The van der Waals surface area contributed by atoms with Gasteiger partial charge in [-0.25, -0.2) is 0 Å². The SMILES string of the molecule is Cc1ccc(C(CO)Nc2ccc(Cl)cc2)c(Br)c1. The van der Waals surface area contributed by atoms with Crippen LogP contribution in [-0.4, -0.2) is 11.7 Å². The van der Waals surface area contributed by atoms with Crippen molar-refractivity contribution in [3.8, 4) is 0 Å². The van der Waals surface area contributed by atoms with Crippen LogP contribution < -0.4 is 5.32 Å². The molecular formula is C15H15BrClNO. The summed E-state index contributed by atoms with van der Waals surface area (Å²) in [6, 6.07) is 13.4. The van der Waals surface area contributed by atoms with Gasteiger partial charge in [0.1, 0.15) is 0 Å². The number of hydrogen-bond donors (Lipinski definition) is 2. The van der Waals surface area contributed by atoms with E-state index in [0.29, 0.717) is 5.02 Å². The molecule has 2 N–H and O–H groups in total. The number of halogens is 2. The fourth-order valence-corrected chi connectivity index (χ4v) is 2.78. The second-order valence-corrected chi connectivity index (χ2v) is 5.70. The molecule has 0 amide bonds. The highest BCUT2D eigenvalue weighted by atomic mass is 79.9. The second kappa shape index (κ2) is 6.42. The molecule has 4 heteroatoms. The van der Waals surface area contributed by atoms with Crippen molar-refractivity contribution in [1.82, 2.24) is 0 Å². The van der Waals surface area contributed by atoms with Crippen LogP contribution in [0.4, 0.5) is 5.69 Å². The van der Waals surface area contributed by atoms with Crippen LogP contribution in [-0.2, 0) is 0 Å². The molecule has 0 saturated carbocycles. The van der Waals surface area contributed by atoms with Gasteiger partial charge < -0.3 is 10.4 Å². The first-order valence-corrected chi connectivity index (χ1v) is 7.16. The summed E-state index contributed by atoms with van der Waals surface area (Å²) in [5.74, 6) is 0. The highest BCUT2D eigenvalue weighted by molar-refractivity contribution is 9.10. The maximum atomic E-state index is 9.58. The predicted molar refractivity (Wildman–Crippen MR) is 83.8 cm³/mol. The lowest BCUT2D eigenvalue weighted by molar-refractivity contribution is 0.276. The van der Waals surface area contributed by atoms with Gasteiger partial charge in [-0.15, -0.1) is 0 Å². The molecule has 0 radical (unpaired) electrons. The zero-order valence-corrected chi connectivity index (χ0v) is 12.9. The smallest absolute Gasteiger partial charge is 0.0755 e. The molecule has 0 bridgehead atoms. The largest absolute Gasteiger partial charge is 0.394 e. The minimum Gasteiger partial charge on any atom is -0.394 e. The summed E-state index contributed by atoms with van der Waals surface area (Å²) >= 11 is 9.40. The standard InChI is InChI=1S/C15H15BrClNO/c1-10-2-7-13(14(16)8-10)15(9-19)18-12-5-3-11(17)4-6-12/h2-8,15,18-19H,9H2,1H3. The summed E-state index contributed by atoms with van der Waals surface area (Å²) in [6.45, 7) is 2.05. The van der Waals surface area contributed by atoms with Crippen molar-refractivity contribution in [2.24, 2.45) is 0 Å². The fraction of sp³-hybridized carbons (Fsp3) is 0.200. The molecule has 100 valence electrons. The number of aryl methyl sites for hydroxylation is 1. The van der Waals surface area contributed by atoms with Crippen LogP contribution in [0.25, 0.3) is 0 Å². The number of hydrogen-bond acceptors (Lipinski definition) is 2. The monoisotopic (exact) mass is 339 g/mol. The van der Waals surface area contributed by atoms with Crippen molar-refractivity contribution in [2.45, 2.75) is 13.0 Å². The molecule has 0 fully saturated rings. The minimum atomic E-state index is -0.156. The molecule has 1 unspecified atom stereocenters. The molecule has 2 nitrogen and oxygen atoms in total. The van der Waals surface area contributed by atoms with Crippen LogP contribution >= 0.6 is 27.5 Å². The van der Waals surface area contributed by atoms with E-state index in [1.165, 1.54) is 5.56 Å². The van der Waals surface area contributed by atoms with Crippen LogP contribution in [0.3, 0.4) is 0 Å². The number of aliphatic hydroxyl groups is 1. The highest BCUT2D eigenvalue weighted by Crippen LogP contribution is 2.27. The molecule has 0 aliphatic carbocycles. The van der Waals surface area contributed by atoms with Crippen LogP contribution in [0, 0.1) is 6.92 Å². The van der Waals surface area contributed by atoms with Crippen molar-refractivity contribution < 1.29 is 5.11 Å². The van der Waals surface area contributed by atoms with E-state index in [-0.39, 0.29) is 12.6 Å². The van der Waals surface area contributed by atoms with E-state index in [2.05, 4.69) is 21.2 Å². The molecule has 2 aromatic rings. The Morgan fingerprint density at radius 3 is 2.47 bits per heavy atom. The maximum absolute atomic E-state index is 9.58. The van der Waals surface area contributed by atoms with E-state index < -0.39 is 0 Å². The molecule has 0 aliphatic rings. The van der Waals surface area contributed by atoms with Crippen LogP contribution in [0.5, 0.6) is 0 Å². The Kier molecular flexibility index (Phi) is 4.86. The van der Waals surface area contributed by atoms with Gasteiger partial charge in [0, 0.05) is 15.2 Å². The van der Waals surface area contributed by atoms with Crippen LogP contribution in [0.15, 0.2) is 46.9 Å².